The lowest BCUT2D eigenvalue weighted by Crippen LogP contribution is -2.41. The molecule has 1 amide bonds. The maximum absolute atomic E-state index is 12.0. The van der Waals surface area contributed by atoms with E-state index in [2.05, 4.69) is 0 Å². The van der Waals surface area contributed by atoms with E-state index < -0.39 is 5.97 Å². The van der Waals surface area contributed by atoms with Gasteiger partial charge in [0.05, 0.1) is 5.75 Å². The summed E-state index contributed by atoms with van der Waals surface area (Å²) in [4.78, 5) is 24.1. The molecule has 20 heavy (non-hydrogen) atoms. The lowest BCUT2D eigenvalue weighted by atomic mass is 10.2. The maximum Gasteiger partial charge on any atom is 0.323 e. The van der Waals surface area contributed by atoms with Crippen LogP contribution >= 0.6 is 11.8 Å². The number of carboxylic acid groups (broad SMARTS) is 1. The van der Waals surface area contributed by atoms with Crippen LogP contribution < -0.4 is 0 Å². The summed E-state index contributed by atoms with van der Waals surface area (Å²) in [5.74, 6) is -0.0419. The first-order chi connectivity index (χ1) is 9.40. The Hall–Kier alpha value is -1.49. The highest BCUT2D eigenvalue weighted by Crippen LogP contribution is 2.14. The van der Waals surface area contributed by atoms with E-state index in [0.717, 1.165) is 5.75 Å². The highest BCUT2D eigenvalue weighted by Gasteiger charge is 2.19. The van der Waals surface area contributed by atoms with Crippen molar-refractivity contribution in [3.05, 3.63) is 35.4 Å². The molecule has 4 nitrogen and oxygen atoms in total. The van der Waals surface area contributed by atoms with Crippen molar-refractivity contribution in [2.45, 2.75) is 32.6 Å². The minimum Gasteiger partial charge on any atom is -0.480 e. The zero-order chi connectivity index (χ0) is 15.1. The topological polar surface area (TPSA) is 57.6 Å². The molecule has 0 aliphatic rings. The van der Waals surface area contributed by atoms with Gasteiger partial charge in [0.25, 0.3) is 0 Å². The van der Waals surface area contributed by atoms with Crippen LogP contribution in [-0.2, 0) is 15.3 Å². The second kappa shape index (κ2) is 7.94. The molecular weight excluding hydrogens is 274 g/mol. The second-order valence-corrected chi connectivity index (χ2v) is 5.97. The van der Waals surface area contributed by atoms with Crippen molar-refractivity contribution in [2.75, 3.05) is 12.3 Å². The van der Waals surface area contributed by atoms with Crippen LogP contribution in [0.5, 0.6) is 0 Å². The van der Waals surface area contributed by atoms with Gasteiger partial charge in [0.15, 0.2) is 0 Å². The molecule has 1 N–H and O–H groups in total. The van der Waals surface area contributed by atoms with E-state index in [1.165, 1.54) is 27.8 Å². The smallest absolute Gasteiger partial charge is 0.323 e. The van der Waals surface area contributed by atoms with Crippen LogP contribution in [0.3, 0.4) is 0 Å². The average Bonchev–Trinajstić information content (AvgIpc) is 2.37. The largest absolute Gasteiger partial charge is 0.480 e. The Morgan fingerprint density at radius 3 is 2.35 bits per heavy atom. The predicted molar refractivity (Wildman–Crippen MR) is 81.8 cm³/mol. The van der Waals surface area contributed by atoms with Gasteiger partial charge in [-0.05, 0) is 26.3 Å². The molecule has 0 bridgehead atoms. The minimum absolute atomic E-state index is 0.0985. The van der Waals surface area contributed by atoms with E-state index in [4.69, 9.17) is 5.11 Å². The number of rotatable bonds is 7. The summed E-state index contributed by atoms with van der Waals surface area (Å²) in [6, 6.07) is 8.08. The van der Waals surface area contributed by atoms with Gasteiger partial charge in [-0.25, -0.2) is 0 Å². The molecule has 0 heterocycles. The standard InChI is InChI=1S/C15H21NO3S/c1-11(2)16(8-15(18)19)14(17)10-20-9-13-6-4-12(3)5-7-13/h4-7,11H,8-10H2,1-3H3,(H,18,19). The van der Waals surface area contributed by atoms with Crippen molar-refractivity contribution in [1.29, 1.82) is 0 Å². The summed E-state index contributed by atoms with van der Waals surface area (Å²) in [5.41, 5.74) is 2.38. The van der Waals surface area contributed by atoms with E-state index in [0.29, 0.717) is 5.75 Å². The molecule has 0 spiro atoms. The van der Waals surface area contributed by atoms with Crippen LogP contribution in [0.2, 0.25) is 0 Å². The van der Waals surface area contributed by atoms with Gasteiger partial charge in [0, 0.05) is 11.8 Å². The van der Waals surface area contributed by atoms with E-state index >= 15 is 0 Å². The van der Waals surface area contributed by atoms with Crippen molar-refractivity contribution in [1.82, 2.24) is 4.90 Å². The van der Waals surface area contributed by atoms with Crippen LogP contribution in [0.15, 0.2) is 24.3 Å². The number of benzene rings is 1. The van der Waals surface area contributed by atoms with Gasteiger partial charge in [-0.2, -0.15) is 0 Å². The Bertz CT molecular complexity index is 457. The van der Waals surface area contributed by atoms with E-state index in [9.17, 15) is 9.59 Å². The summed E-state index contributed by atoms with van der Waals surface area (Å²) < 4.78 is 0. The lowest BCUT2D eigenvalue weighted by molar-refractivity contribution is -0.144. The summed E-state index contributed by atoms with van der Waals surface area (Å²) in [7, 11) is 0. The number of aliphatic carboxylic acids is 1. The van der Waals surface area contributed by atoms with Crippen LogP contribution in [0.1, 0.15) is 25.0 Å². The Kier molecular flexibility index (Phi) is 6.58. The fourth-order valence-electron chi connectivity index (χ4n) is 1.73. The second-order valence-electron chi connectivity index (χ2n) is 4.99. The zero-order valence-electron chi connectivity index (χ0n) is 12.1. The first-order valence-electron chi connectivity index (χ1n) is 6.54. The van der Waals surface area contributed by atoms with E-state index in [1.807, 2.05) is 45.0 Å². The molecule has 0 saturated carbocycles. The molecule has 0 atom stereocenters. The summed E-state index contributed by atoms with van der Waals surface area (Å²) in [6.45, 7) is 5.45. The fraction of sp³-hybridized carbons (Fsp3) is 0.467. The Balaban J connectivity index is 2.44. The molecule has 0 saturated heterocycles. The number of carbonyl (C=O) groups is 2. The van der Waals surface area contributed by atoms with Crippen molar-refractivity contribution in [3.8, 4) is 0 Å². The molecule has 0 aromatic heterocycles. The van der Waals surface area contributed by atoms with Crippen LogP contribution in [0.25, 0.3) is 0 Å². The molecule has 0 radical (unpaired) electrons. The molecule has 1 aromatic rings. The average molecular weight is 295 g/mol. The van der Waals surface area contributed by atoms with Crippen molar-refractivity contribution in [2.24, 2.45) is 0 Å². The quantitative estimate of drug-likeness (QED) is 0.840. The number of amides is 1. The van der Waals surface area contributed by atoms with Gasteiger partial charge in [0.2, 0.25) is 5.91 Å². The van der Waals surface area contributed by atoms with Gasteiger partial charge in [-0.15, -0.1) is 11.8 Å². The monoisotopic (exact) mass is 295 g/mol. The van der Waals surface area contributed by atoms with E-state index in [1.54, 1.807) is 0 Å². The first kappa shape index (κ1) is 16.6. The van der Waals surface area contributed by atoms with Crippen LogP contribution in [0.4, 0.5) is 0 Å². The Labute approximate surface area is 124 Å². The number of aryl methyl sites for hydroxylation is 1. The molecule has 0 fully saturated rings. The summed E-state index contributed by atoms with van der Waals surface area (Å²) in [5, 5.41) is 8.81. The van der Waals surface area contributed by atoms with Crippen LogP contribution in [0, 0.1) is 6.92 Å². The number of carboxylic acids is 1. The van der Waals surface area contributed by atoms with Gasteiger partial charge in [0.1, 0.15) is 6.54 Å². The minimum atomic E-state index is -0.976. The molecular formula is C15H21NO3S. The fourth-order valence-corrected chi connectivity index (χ4v) is 2.60. The highest BCUT2D eigenvalue weighted by molar-refractivity contribution is 7.99. The predicted octanol–water partition coefficient (Wildman–Crippen LogP) is 2.55. The summed E-state index contributed by atoms with van der Waals surface area (Å²) >= 11 is 1.51. The number of hydrogen-bond acceptors (Lipinski definition) is 3. The SMILES string of the molecule is Cc1ccc(CSCC(=O)N(CC(=O)O)C(C)C)cc1. The lowest BCUT2D eigenvalue weighted by Gasteiger charge is -2.24. The zero-order valence-corrected chi connectivity index (χ0v) is 12.9. The Morgan fingerprint density at radius 2 is 1.85 bits per heavy atom. The third-order valence-corrected chi connectivity index (χ3v) is 3.85. The summed E-state index contributed by atoms with van der Waals surface area (Å²) in [6.07, 6.45) is 0. The molecule has 1 aromatic carbocycles. The van der Waals surface area contributed by atoms with Crippen molar-refractivity contribution in [3.63, 3.8) is 0 Å². The molecule has 5 heteroatoms. The first-order valence-corrected chi connectivity index (χ1v) is 7.70. The third kappa shape index (κ3) is 5.65. The van der Waals surface area contributed by atoms with Gasteiger partial charge in [-0.3, -0.25) is 9.59 Å². The molecule has 1 rings (SSSR count). The van der Waals surface area contributed by atoms with Gasteiger partial charge >= 0.3 is 5.97 Å². The molecule has 110 valence electrons. The van der Waals surface area contributed by atoms with Crippen LogP contribution in [-0.4, -0.2) is 40.2 Å². The number of carbonyl (C=O) groups excluding carboxylic acids is 1. The number of hydrogen-bond donors (Lipinski definition) is 1. The van der Waals surface area contributed by atoms with E-state index in [-0.39, 0.29) is 18.5 Å². The highest BCUT2D eigenvalue weighted by atomic mass is 32.2. The molecule has 0 aliphatic carbocycles. The van der Waals surface area contributed by atoms with Gasteiger partial charge < -0.3 is 10.0 Å². The molecule has 0 aliphatic heterocycles. The van der Waals surface area contributed by atoms with Gasteiger partial charge in [-0.1, -0.05) is 29.8 Å². The third-order valence-electron chi connectivity index (χ3n) is 2.86. The number of thioether (sulfide) groups is 1. The number of nitrogens with zero attached hydrogens (tertiary/aromatic N) is 1. The normalized spacial score (nSPS) is 10.6. The van der Waals surface area contributed by atoms with Crippen molar-refractivity contribution < 1.29 is 14.7 Å². The maximum atomic E-state index is 12.0. The Morgan fingerprint density at radius 1 is 1.25 bits per heavy atom. The molecule has 0 unspecified atom stereocenters. The van der Waals surface area contributed by atoms with Crippen molar-refractivity contribution >= 4 is 23.6 Å².